The third-order valence-corrected chi connectivity index (χ3v) is 5.74. The number of thiazole rings is 1. The van der Waals surface area contributed by atoms with Crippen molar-refractivity contribution in [2.75, 3.05) is 11.9 Å². The Hall–Kier alpha value is -3.32. The van der Waals surface area contributed by atoms with E-state index in [0.717, 1.165) is 17.7 Å². The van der Waals surface area contributed by atoms with E-state index in [1.807, 2.05) is 35.7 Å². The SMILES string of the molecule is O=C(CCCCCN1C(=O)c2ccccc2C1=O)Nc1nc(-c2ccccc2)cs1. The fourth-order valence-corrected chi connectivity index (χ4v) is 4.16. The van der Waals surface area contributed by atoms with Crippen LogP contribution in [-0.4, -0.2) is 34.2 Å². The van der Waals surface area contributed by atoms with Gasteiger partial charge in [0.1, 0.15) is 0 Å². The van der Waals surface area contributed by atoms with E-state index in [-0.39, 0.29) is 17.7 Å². The van der Waals surface area contributed by atoms with Crippen LogP contribution in [0, 0.1) is 0 Å². The number of hydrogen-bond acceptors (Lipinski definition) is 5. The number of imide groups is 1. The molecule has 0 fully saturated rings. The molecule has 7 heteroatoms. The molecular weight excluding hydrogens is 398 g/mol. The van der Waals surface area contributed by atoms with Crippen molar-refractivity contribution < 1.29 is 14.4 Å². The lowest BCUT2D eigenvalue weighted by Gasteiger charge is -2.13. The number of hydrogen-bond donors (Lipinski definition) is 1. The number of carbonyl (C=O) groups is 3. The fourth-order valence-electron chi connectivity index (χ4n) is 3.43. The van der Waals surface area contributed by atoms with Gasteiger partial charge >= 0.3 is 0 Å². The molecular formula is C23H21N3O3S. The number of carbonyl (C=O) groups excluding carboxylic acids is 3. The Morgan fingerprint density at radius 3 is 2.27 bits per heavy atom. The van der Waals surface area contributed by atoms with Gasteiger partial charge in [0.05, 0.1) is 16.8 Å². The van der Waals surface area contributed by atoms with E-state index in [2.05, 4.69) is 10.3 Å². The number of nitrogens with zero attached hydrogens (tertiary/aromatic N) is 2. The maximum atomic E-state index is 12.3. The van der Waals surface area contributed by atoms with Crippen molar-refractivity contribution >= 4 is 34.2 Å². The number of benzene rings is 2. The van der Waals surface area contributed by atoms with Gasteiger partial charge in [0.2, 0.25) is 5.91 Å². The van der Waals surface area contributed by atoms with Crippen LogP contribution < -0.4 is 5.32 Å². The zero-order chi connectivity index (χ0) is 20.9. The zero-order valence-electron chi connectivity index (χ0n) is 16.3. The van der Waals surface area contributed by atoms with Gasteiger partial charge in [-0.05, 0) is 25.0 Å². The van der Waals surface area contributed by atoms with E-state index in [1.54, 1.807) is 24.3 Å². The van der Waals surface area contributed by atoms with Crippen LogP contribution in [0.1, 0.15) is 46.4 Å². The van der Waals surface area contributed by atoms with Crippen LogP contribution in [0.3, 0.4) is 0 Å². The molecule has 30 heavy (non-hydrogen) atoms. The Kier molecular flexibility index (Phi) is 5.99. The average Bonchev–Trinajstić information content (AvgIpc) is 3.33. The van der Waals surface area contributed by atoms with Gasteiger partial charge in [-0.1, -0.05) is 48.9 Å². The quantitative estimate of drug-likeness (QED) is 0.427. The third kappa shape index (κ3) is 4.31. The van der Waals surface area contributed by atoms with Crippen LogP contribution in [0.2, 0.25) is 0 Å². The highest BCUT2D eigenvalue weighted by atomic mass is 32.1. The van der Waals surface area contributed by atoms with Crippen LogP contribution in [0.25, 0.3) is 11.3 Å². The molecule has 0 unspecified atom stereocenters. The third-order valence-electron chi connectivity index (χ3n) is 4.98. The van der Waals surface area contributed by atoms with Gasteiger partial charge in [-0.3, -0.25) is 19.3 Å². The Labute approximate surface area is 178 Å². The largest absolute Gasteiger partial charge is 0.302 e. The lowest BCUT2D eigenvalue weighted by atomic mass is 10.1. The predicted octanol–water partition coefficient (Wildman–Crippen LogP) is 4.61. The number of fused-ring (bicyclic) bond motifs is 1. The minimum Gasteiger partial charge on any atom is -0.302 e. The summed E-state index contributed by atoms with van der Waals surface area (Å²) >= 11 is 1.40. The molecule has 3 aromatic rings. The van der Waals surface area contributed by atoms with E-state index in [9.17, 15) is 14.4 Å². The Morgan fingerprint density at radius 1 is 0.900 bits per heavy atom. The van der Waals surface area contributed by atoms with E-state index < -0.39 is 0 Å². The van der Waals surface area contributed by atoms with Crippen molar-refractivity contribution in [3.63, 3.8) is 0 Å². The lowest BCUT2D eigenvalue weighted by Crippen LogP contribution is -2.30. The minimum atomic E-state index is -0.230. The molecule has 1 aliphatic rings. The number of anilines is 1. The molecule has 1 aromatic heterocycles. The second-order valence-corrected chi connectivity index (χ2v) is 7.93. The first-order valence-electron chi connectivity index (χ1n) is 9.89. The highest BCUT2D eigenvalue weighted by Gasteiger charge is 2.34. The van der Waals surface area contributed by atoms with Crippen molar-refractivity contribution in [2.24, 2.45) is 0 Å². The molecule has 1 aliphatic heterocycles. The number of unbranched alkanes of at least 4 members (excludes halogenated alkanes) is 2. The fraction of sp³-hybridized carbons (Fsp3) is 0.217. The first-order valence-corrected chi connectivity index (χ1v) is 10.8. The summed E-state index contributed by atoms with van der Waals surface area (Å²) in [6.07, 6.45) is 2.50. The van der Waals surface area contributed by atoms with Crippen molar-refractivity contribution in [1.82, 2.24) is 9.88 Å². The molecule has 1 N–H and O–H groups in total. The zero-order valence-corrected chi connectivity index (χ0v) is 17.2. The molecule has 0 radical (unpaired) electrons. The maximum absolute atomic E-state index is 12.3. The van der Waals surface area contributed by atoms with Gasteiger partial charge in [-0.2, -0.15) is 0 Å². The van der Waals surface area contributed by atoms with Gasteiger partial charge in [0, 0.05) is 23.9 Å². The summed E-state index contributed by atoms with van der Waals surface area (Å²) < 4.78 is 0. The second kappa shape index (κ2) is 9.00. The number of amides is 3. The maximum Gasteiger partial charge on any atom is 0.261 e. The summed E-state index contributed by atoms with van der Waals surface area (Å²) in [5.41, 5.74) is 2.81. The second-order valence-electron chi connectivity index (χ2n) is 7.07. The van der Waals surface area contributed by atoms with E-state index in [0.29, 0.717) is 42.1 Å². The topological polar surface area (TPSA) is 79.4 Å². The summed E-state index contributed by atoms with van der Waals surface area (Å²) in [5.74, 6) is -0.539. The average molecular weight is 420 g/mol. The molecule has 6 nitrogen and oxygen atoms in total. The summed E-state index contributed by atoms with van der Waals surface area (Å²) in [6.45, 7) is 0.376. The van der Waals surface area contributed by atoms with Gasteiger partial charge in [-0.25, -0.2) is 4.98 Å². The van der Waals surface area contributed by atoms with Crippen LogP contribution in [0.15, 0.2) is 60.0 Å². The highest BCUT2D eigenvalue weighted by Crippen LogP contribution is 2.25. The van der Waals surface area contributed by atoms with Crippen molar-refractivity contribution in [3.05, 3.63) is 71.1 Å². The molecule has 0 bridgehead atoms. The Morgan fingerprint density at radius 2 is 1.57 bits per heavy atom. The van der Waals surface area contributed by atoms with E-state index in [1.165, 1.54) is 16.2 Å². The Bertz CT molecular complexity index is 1040. The number of rotatable bonds is 8. The summed E-state index contributed by atoms with van der Waals surface area (Å²) in [5, 5.41) is 5.35. The summed E-state index contributed by atoms with van der Waals surface area (Å²) in [7, 11) is 0. The van der Waals surface area contributed by atoms with Gasteiger partial charge in [0.15, 0.2) is 5.13 Å². The smallest absolute Gasteiger partial charge is 0.261 e. The van der Waals surface area contributed by atoms with Crippen molar-refractivity contribution in [1.29, 1.82) is 0 Å². The van der Waals surface area contributed by atoms with Crippen molar-refractivity contribution in [2.45, 2.75) is 25.7 Å². The van der Waals surface area contributed by atoms with Gasteiger partial charge < -0.3 is 5.32 Å². The van der Waals surface area contributed by atoms with Gasteiger partial charge in [-0.15, -0.1) is 11.3 Å². The molecule has 0 aliphatic carbocycles. The molecule has 152 valence electrons. The molecule has 2 aromatic carbocycles. The first kappa shape index (κ1) is 20.0. The van der Waals surface area contributed by atoms with E-state index in [4.69, 9.17) is 0 Å². The molecule has 4 rings (SSSR count). The van der Waals surface area contributed by atoms with Crippen LogP contribution >= 0.6 is 11.3 Å². The standard InChI is InChI=1S/C23H21N3O3S/c27-20(25-23-24-19(15-30-23)16-9-3-1-4-10-16)13-5-2-8-14-26-21(28)17-11-6-7-12-18(17)22(26)29/h1,3-4,6-7,9-12,15H,2,5,8,13-14H2,(H,24,25,27). The van der Waals surface area contributed by atoms with Crippen LogP contribution in [0.5, 0.6) is 0 Å². The lowest BCUT2D eigenvalue weighted by molar-refractivity contribution is -0.116. The summed E-state index contributed by atoms with van der Waals surface area (Å²) in [6, 6.07) is 16.7. The molecule has 0 saturated carbocycles. The molecule has 0 spiro atoms. The number of nitrogens with one attached hydrogen (secondary N) is 1. The Balaban J connectivity index is 1.19. The highest BCUT2D eigenvalue weighted by molar-refractivity contribution is 7.14. The molecule has 2 heterocycles. The van der Waals surface area contributed by atoms with E-state index >= 15 is 0 Å². The minimum absolute atomic E-state index is 0.0790. The van der Waals surface area contributed by atoms with Gasteiger partial charge in [0.25, 0.3) is 11.8 Å². The summed E-state index contributed by atoms with van der Waals surface area (Å²) in [4.78, 5) is 42.6. The van der Waals surface area contributed by atoms with Crippen molar-refractivity contribution in [3.8, 4) is 11.3 Å². The number of aromatic nitrogens is 1. The molecule has 0 saturated heterocycles. The normalized spacial score (nSPS) is 12.9. The van der Waals surface area contributed by atoms with Crippen LogP contribution in [-0.2, 0) is 4.79 Å². The molecule has 0 atom stereocenters. The van der Waals surface area contributed by atoms with Crippen LogP contribution in [0.4, 0.5) is 5.13 Å². The first-order chi connectivity index (χ1) is 14.6. The molecule has 3 amide bonds. The predicted molar refractivity (Wildman–Crippen MR) is 116 cm³/mol. The monoisotopic (exact) mass is 419 g/mol.